The van der Waals surface area contributed by atoms with Gasteiger partial charge < -0.3 is 10.0 Å². The maximum atomic E-state index is 10.7. The minimum atomic E-state index is -0.516. The molecule has 0 atom stereocenters. The van der Waals surface area contributed by atoms with Gasteiger partial charge in [0.15, 0.2) is 0 Å². The average molecular weight is 349 g/mol. The van der Waals surface area contributed by atoms with Gasteiger partial charge in [-0.05, 0) is 37.3 Å². The molecular formula is C16H17ClN4O3. The molecule has 0 aromatic heterocycles. The third-order valence-electron chi connectivity index (χ3n) is 3.38. The molecule has 2 aromatic rings. The van der Waals surface area contributed by atoms with Crippen molar-refractivity contribution in [1.29, 1.82) is 0 Å². The molecule has 0 aliphatic carbocycles. The van der Waals surface area contributed by atoms with E-state index in [0.717, 1.165) is 12.2 Å². The van der Waals surface area contributed by atoms with Crippen LogP contribution in [0.25, 0.3) is 0 Å². The summed E-state index contributed by atoms with van der Waals surface area (Å²) in [5, 5.41) is 28.0. The van der Waals surface area contributed by atoms with Gasteiger partial charge in [-0.15, -0.1) is 5.11 Å². The van der Waals surface area contributed by atoms with Gasteiger partial charge >= 0.3 is 0 Å². The molecule has 0 fully saturated rings. The maximum Gasteiger partial charge on any atom is 0.271 e. The number of hydrogen-bond donors (Lipinski definition) is 1. The number of azo groups is 1. The zero-order chi connectivity index (χ0) is 17.5. The van der Waals surface area contributed by atoms with E-state index >= 15 is 0 Å². The molecule has 1 N–H and O–H groups in total. The summed E-state index contributed by atoms with van der Waals surface area (Å²) in [5.41, 5.74) is 1.89. The zero-order valence-corrected chi connectivity index (χ0v) is 13.8. The molecule has 0 unspecified atom stereocenters. The monoisotopic (exact) mass is 348 g/mol. The molecule has 0 heterocycles. The molecule has 0 spiro atoms. The summed E-state index contributed by atoms with van der Waals surface area (Å²) in [6, 6.07) is 11.4. The third-order valence-corrected chi connectivity index (χ3v) is 3.68. The fourth-order valence-corrected chi connectivity index (χ4v) is 2.34. The first-order valence-electron chi connectivity index (χ1n) is 7.36. The van der Waals surface area contributed by atoms with Crippen molar-refractivity contribution in [3.05, 3.63) is 57.6 Å². The van der Waals surface area contributed by atoms with Crippen LogP contribution in [0.4, 0.5) is 22.7 Å². The molecule has 0 aliphatic rings. The molecule has 8 heteroatoms. The van der Waals surface area contributed by atoms with Crippen LogP contribution in [-0.4, -0.2) is 29.7 Å². The summed E-state index contributed by atoms with van der Waals surface area (Å²) in [7, 11) is 0. The van der Waals surface area contributed by atoms with Crippen molar-refractivity contribution in [3.63, 3.8) is 0 Å². The lowest BCUT2D eigenvalue weighted by Crippen LogP contribution is -2.25. The van der Waals surface area contributed by atoms with E-state index in [1.54, 1.807) is 12.1 Å². The number of nitro groups is 1. The van der Waals surface area contributed by atoms with E-state index < -0.39 is 4.92 Å². The van der Waals surface area contributed by atoms with Crippen LogP contribution in [0.15, 0.2) is 52.7 Å². The Morgan fingerprint density at radius 1 is 1.21 bits per heavy atom. The average Bonchev–Trinajstić information content (AvgIpc) is 2.59. The standard InChI is InChI=1S/C16H17ClN4O3/c1-2-20(9-10-22)13-5-3-12(4-6-13)18-19-16-8-7-14(21(23)24)11-15(16)17/h3-8,11,22H,2,9-10H2,1H3. The highest BCUT2D eigenvalue weighted by molar-refractivity contribution is 6.33. The van der Waals surface area contributed by atoms with Gasteiger partial charge in [0.1, 0.15) is 5.69 Å². The number of likely N-dealkylation sites (N-methyl/N-ethyl adjacent to an activating group) is 1. The number of halogens is 1. The van der Waals surface area contributed by atoms with Crippen LogP contribution in [0.2, 0.25) is 5.02 Å². The Kier molecular flexibility index (Phi) is 6.22. The molecule has 0 radical (unpaired) electrons. The van der Waals surface area contributed by atoms with Crippen LogP contribution < -0.4 is 4.90 Å². The van der Waals surface area contributed by atoms with Crippen molar-refractivity contribution in [2.75, 3.05) is 24.6 Å². The molecule has 0 amide bonds. The molecule has 0 saturated heterocycles. The van der Waals surface area contributed by atoms with E-state index in [0.29, 0.717) is 17.9 Å². The minimum absolute atomic E-state index is 0.0909. The Morgan fingerprint density at radius 3 is 2.46 bits per heavy atom. The third kappa shape index (κ3) is 4.50. The first-order chi connectivity index (χ1) is 11.5. The Hall–Kier alpha value is -2.51. The van der Waals surface area contributed by atoms with Gasteiger partial charge in [-0.1, -0.05) is 11.6 Å². The summed E-state index contributed by atoms with van der Waals surface area (Å²) in [4.78, 5) is 12.2. The summed E-state index contributed by atoms with van der Waals surface area (Å²) >= 11 is 5.97. The minimum Gasteiger partial charge on any atom is -0.395 e. The van der Waals surface area contributed by atoms with Crippen LogP contribution in [0.1, 0.15) is 6.92 Å². The molecule has 126 valence electrons. The van der Waals surface area contributed by atoms with E-state index in [4.69, 9.17) is 16.7 Å². The first-order valence-corrected chi connectivity index (χ1v) is 7.74. The fourth-order valence-electron chi connectivity index (χ4n) is 2.12. The molecule has 2 aromatic carbocycles. The number of hydrogen-bond acceptors (Lipinski definition) is 6. The van der Waals surface area contributed by atoms with Crippen LogP contribution >= 0.6 is 11.6 Å². The van der Waals surface area contributed by atoms with Gasteiger partial charge in [0.05, 0.1) is 22.2 Å². The molecule has 2 rings (SSSR count). The van der Waals surface area contributed by atoms with Gasteiger partial charge in [0.2, 0.25) is 0 Å². The van der Waals surface area contributed by atoms with E-state index in [-0.39, 0.29) is 17.3 Å². The normalized spacial score (nSPS) is 11.0. The summed E-state index contributed by atoms with van der Waals surface area (Å²) in [6.45, 7) is 3.46. The second-order valence-corrected chi connectivity index (χ2v) is 5.32. The number of anilines is 1. The van der Waals surface area contributed by atoms with E-state index in [1.807, 2.05) is 24.0 Å². The van der Waals surface area contributed by atoms with Gasteiger partial charge in [-0.25, -0.2) is 0 Å². The van der Waals surface area contributed by atoms with E-state index in [1.165, 1.54) is 18.2 Å². The number of non-ortho nitro benzene ring substituents is 1. The number of aliphatic hydroxyl groups excluding tert-OH is 1. The topological polar surface area (TPSA) is 91.3 Å². The number of benzene rings is 2. The number of rotatable bonds is 7. The highest BCUT2D eigenvalue weighted by Crippen LogP contribution is 2.30. The predicted octanol–water partition coefficient (Wildman–Crippen LogP) is 4.48. The largest absolute Gasteiger partial charge is 0.395 e. The molecule has 7 nitrogen and oxygen atoms in total. The van der Waals surface area contributed by atoms with Gasteiger partial charge in [0.25, 0.3) is 5.69 Å². The number of nitrogens with zero attached hydrogens (tertiary/aromatic N) is 4. The van der Waals surface area contributed by atoms with Crippen LogP contribution in [0, 0.1) is 10.1 Å². The summed E-state index contributed by atoms with van der Waals surface area (Å²) in [6.07, 6.45) is 0. The van der Waals surface area contributed by atoms with Crippen molar-refractivity contribution < 1.29 is 10.0 Å². The highest BCUT2D eigenvalue weighted by Gasteiger charge is 2.09. The Bertz CT molecular complexity index is 735. The second kappa shape index (κ2) is 8.37. The smallest absolute Gasteiger partial charge is 0.271 e. The number of aliphatic hydroxyl groups is 1. The van der Waals surface area contributed by atoms with Crippen LogP contribution in [0.5, 0.6) is 0 Å². The van der Waals surface area contributed by atoms with Gasteiger partial charge in [0, 0.05) is 30.9 Å². The predicted molar refractivity (Wildman–Crippen MR) is 93.7 cm³/mol. The maximum absolute atomic E-state index is 10.7. The van der Waals surface area contributed by atoms with Crippen molar-refractivity contribution in [2.45, 2.75) is 6.92 Å². The molecule has 24 heavy (non-hydrogen) atoms. The fraction of sp³-hybridized carbons (Fsp3) is 0.250. The first kappa shape index (κ1) is 17.8. The van der Waals surface area contributed by atoms with E-state index in [9.17, 15) is 10.1 Å². The van der Waals surface area contributed by atoms with E-state index in [2.05, 4.69) is 10.2 Å². The molecular weight excluding hydrogens is 332 g/mol. The quantitative estimate of drug-likeness (QED) is 0.453. The van der Waals surface area contributed by atoms with Crippen molar-refractivity contribution in [3.8, 4) is 0 Å². The highest BCUT2D eigenvalue weighted by atomic mass is 35.5. The SMILES string of the molecule is CCN(CCO)c1ccc(N=Nc2ccc([N+](=O)[O-])cc2Cl)cc1. The van der Waals surface area contributed by atoms with Gasteiger partial charge in [-0.3, -0.25) is 10.1 Å². The Balaban J connectivity index is 2.13. The lowest BCUT2D eigenvalue weighted by molar-refractivity contribution is -0.384. The second-order valence-electron chi connectivity index (χ2n) is 4.91. The summed E-state index contributed by atoms with van der Waals surface area (Å²) in [5.74, 6) is 0. The van der Waals surface area contributed by atoms with Crippen molar-refractivity contribution >= 4 is 34.4 Å². The van der Waals surface area contributed by atoms with Crippen LogP contribution in [0.3, 0.4) is 0 Å². The molecule has 0 saturated carbocycles. The molecule has 0 bridgehead atoms. The lowest BCUT2D eigenvalue weighted by atomic mass is 10.2. The molecule has 0 aliphatic heterocycles. The Labute approximate surface area is 144 Å². The van der Waals surface area contributed by atoms with Crippen molar-refractivity contribution in [1.82, 2.24) is 0 Å². The lowest BCUT2D eigenvalue weighted by Gasteiger charge is -2.21. The zero-order valence-electron chi connectivity index (χ0n) is 13.1. The van der Waals surface area contributed by atoms with Gasteiger partial charge in [-0.2, -0.15) is 5.11 Å². The van der Waals surface area contributed by atoms with Crippen LogP contribution in [-0.2, 0) is 0 Å². The Morgan fingerprint density at radius 2 is 1.92 bits per heavy atom. The number of nitro benzene ring substituents is 1. The summed E-state index contributed by atoms with van der Waals surface area (Å²) < 4.78 is 0. The van der Waals surface area contributed by atoms with Crippen molar-refractivity contribution in [2.24, 2.45) is 10.2 Å².